The molecule has 2 aromatic carbocycles. The molecule has 2 aromatic rings. The zero-order valence-corrected chi connectivity index (χ0v) is 14.4. The normalized spacial score (nSPS) is 7.06. The van der Waals surface area contributed by atoms with Gasteiger partial charge in [0.15, 0.2) is 0 Å². The van der Waals surface area contributed by atoms with Crippen molar-refractivity contribution in [2.75, 3.05) is 0 Å². The van der Waals surface area contributed by atoms with Crippen molar-refractivity contribution < 1.29 is 44.0 Å². The Balaban J connectivity index is -0.000000163. The number of hydrogen-bond acceptors (Lipinski definition) is 0. The van der Waals surface area contributed by atoms with Crippen LogP contribution < -0.4 is 24.8 Å². The fourth-order valence-corrected chi connectivity index (χ4v) is 0.642. The average molecular weight is 342 g/mol. The van der Waals surface area contributed by atoms with E-state index in [2.05, 4.69) is 26.1 Å². The Morgan fingerprint density at radius 1 is 0.941 bits per heavy atom. The largest absolute Gasteiger partial charge is 1.00 e. The summed E-state index contributed by atoms with van der Waals surface area (Å²) in [5.41, 5.74) is -0.402. The number of rotatable bonds is 1. The molecular weight excluding hydrogens is 326 g/mol. The molecule has 0 heterocycles. The molecule has 0 aliphatic rings. The Hall–Kier alpha value is 0.501. The molecule has 0 unspecified atom stereocenters. The van der Waals surface area contributed by atoms with Gasteiger partial charge < -0.3 is 24.8 Å². The molecule has 0 bridgehead atoms. The summed E-state index contributed by atoms with van der Waals surface area (Å²) in [7, 11) is 0. The van der Waals surface area contributed by atoms with E-state index in [0.717, 1.165) is 0 Å². The Labute approximate surface area is 133 Å². The van der Waals surface area contributed by atoms with Gasteiger partial charge in [0.25, 0.3) is 0 Å². The van der Waals surface area contributed by atoms with Gasteiger partial charge in [0.2, 0.25) is 0 Å². The summed E-state index contributed by atoms with van der Waals surface area (Å²) in [6, 6.07) is 21.2. The zero-order valence-electron chi connectivity index (χ0n) is 9.61. The molecule has 2 rings (SSSR count). The maximum absolute atomic E-state index is 5.56. The van der Waals surface area contributed by atoms with Gasteiger partial charge in [-0.05, 0) is 0 Å². The Bertz CT molecular complexity index is 246. The van der Waals surface area contributed by atoms with Gasteiger partial charge in [-0.3, -0.25) is 0 Å². The van der Waals surface area contributed by atoms with E-state index < -0.39 is 5.50 Å². The van der Waals surface area contributed by atoms with E-state index in [4.69, 9.17) is 11.1 Å². The predicted molar refractivity (Wildman–Crippen MR) is 66.2 cm³/mol. The summed E-state index contributed by atoms with van der Waals surface area (Å²) in [5, 5.41) is 0. The molecule has 0 radical (unpaired) electrons. The molecule has 0 amide bonds. The minimum Gasteiger partial charge on any atom is -1.00 e. The van der Waals surface area contributed by atoms with E-state index in [1.807, 2.05) is 60.7 Å². The molecular formula is C12H15Cl3SiTi-2. The third-order valence-corrected chi connectivity index (χ3v) is 4.50. The quantitative estimate of drug-likeness (QED) is 0.323. The Morgan fingerprint density at radius 2 is 1.18 bits per heavy atom. The maximum Gasteiger partial charge on any atom is -0.172 e. The molecule has 0 aliphatic carbocycles. The van der Waals surface area contributed by atoms with E-state index in [1.165, 1.54) is 6.04 Å². The predicted octanol–water partition coefficient (Wildman–Crippen LogP) is -1.90. The molecule has 0 saturated heterocycles. The van der Waals surface area contributed by atoms with Crippen molar-refractivity contribution in [3.8, 4) is 0 Å². The Kier molecular flexibility index (Phi) is 25.1. The van der Waals surface area contributed by atoms with Gasteiger partial charge in [0.1, 0.15) is 0 Å². The van der Waals surface area contributed by atoms with Crippen LogP contribution in [0.25, 0.3) is 0 Å². The van der Waals surface area contributed by atoms with Gasteiger partial charge in [0, 0.05) is 0 Å². The molecule has 17 heavy (non-hydrogen) atoms. The van der Waals surface area contributed by atoms with Gasteiger partial charge in [0.05, 0.1) is 0 Å². The van der Waals surface area contributed by atoms with Crippen molar-refractivity contribution in [2.24, 2.45) is 0 Å². The molecule has 0 saturated carbocycles. The third-order valence-electron chi connectivity index (χ3n) is 1.42. The van der Waals surface area contributed by atoms with Crippen LogP contribution in [0.15, 0.2) is 60.7 Å². The number of hydrogen-bond donors (Lipinski definition) is 0. The summed E-state index contributed by atoms with van der Waals surface area (Å²) in [6.07, 6.45) is 0. The summed E-state index contributed by atoms with van der Waals surface area (Å²) in [4.78, 5) is 0. The van der Waals surface area contributed by atoms with Crippen molar-refractivity contribution in [1.29, 1.82) is 0 Å². The monoisotopic (exact) mass is 340 g/mol. The minimum absolute atomic E-state index is 0. The first-order valence-electron chi connectivity index (χ1n) is 4.83. The summed E-state index contributed by atoms with van der Waals surface area (Å²) in [6.45, 7) is 2.11. The fraction of sp³-hybridized carbons (Fsp3) is 0.167. The molecule has 0 N–H and O–H groups in total. The first-order chi connectivity index (χ1) is 7.27. The van der Waals surface area contributed by atoms with E-state index in [1.54, 1.807) is 0 Å². The van der Waals surface area contributed by atoms with Gasteiger partial charge in [-0.1, -0.05) is 0 Å². The standard InChI is InChI=1S/2C5H5.C2H5ClSi.2ClH.Ti/c2*1-2-4-5-3-1;1-2-4-3;;;/h2*1-5H;2H2,1H3;2*1H;/q2*-1;;;;+2/p-2. The average Bonchev–Trinajstić information content (AvgIpc) is 2.96. The molecule has 5 heteroatoms. The maximum atomic E-state index is 5.56. The second-order valence-electron chi connectivity index (χ2n) is 2.68. The van der Waals surface area contributed by atoms with Crippen molar-refractivity contribution in [3.63, 3.8) is 0 Å². The van der Waals surface area contributed by atoms with E-state index in [9.17, 15) is 0 Å². The van der Waals surface area contributed by atoms with Crippen LogP contribution in [0.2, 0.25) is 6.04 Å². The second-order valence-corrected chi connectivity index (χ2v) is 9.88. The smallest absolute Gasteiger partial charge is 0.172 e. The fourth-order valence-electron chi connectivity index (χ4n) is 0.642. The molecule has 0 spiro atoms. The van der Waals surface area contributed by atoms with E-state index in [-0.39, 0.29) is 24.8 Å². The SMILES string of the molecule is CC[Si](Cl)=[Ti+2].[Cl-].[Cl-].c1cc[cH-]c1.c1cc[cH-]c1. The van der Waals surface area contributed by atoms with Gasteiger partial charge in [-0.2, -0.15) is 36.4 Å². The summed E-state index contributed by atoms with van der Waals surface area (Å²) in [5.74, 6) is 0. The molecule has 0 nitrogen and oxygen atoms in total. The summed E-state index contributed by atoms with van der Waals surface area (Å²) >= 11 is 7.65. The molecule has 0 atom stereocenters. The van der Waals surface area contributed by atoms with Crippen molar-refractivity contribution in [2.45, 2.75) is 13.0 Å². The first-order valence-corrected chi connectivity index (χ1v) is 9.89. The van der Waals surface area contributed by atoms with Crippen LogP contribution in [0.4, 0.5) is 0 Å². The van der Waals surface area contributed by atoms with Crippen LogP contribution in [0.5, 0.6) is 0 Å². The first kappa shape index (κ1) is 22.7. The van der Waals surface area contributed by atoms with E-state index in [0.29, 0.717) is 0 Å². The van der Waals surface area contributed by atoms with Crippen LogP contribution in [-0.2, 0) is 19.2 Å². The molecule has 94 valence electrons. The second kappa shape index (κ2) is 18.9. The van der Waals surface area contributed by atoms with Crippen molar-refractivity contribution in [3.05, 3.63) is 60.7 Å². The van der Waals surface area contributed by atoms with Crippen LogP contribution in [0.1, 0.15) is 6.92 Å². The molecule has 0 fully saturated rings. The van der Waals surface area contributed by atoms with Crippen molar-refractivity contribution in [1.82, 2.24) is 0 Å². The van der Waals surface area contributed by atoms with Crippen molar-refractivity contribution >= 4 is 16.6 Å². The van der Waals surface area contributed by atoms with E-state index >= 15 is 0 Å². The summed E-state index contributed by atoms with van der Waals surface area (Å²) < 4.78 is 0. The zero-order chi connectivity index (χ0) is 11.4. The van der Waals surface area contributed by atoms with Gasteiger partial charge in [-0.15, -0.1) is 0 Å². The van der Waals surface area contributed by atoms with Crippen LogP contribution in [0, 0.1) is 0 Å². The topological polar surface area (TPSA) is 0 Å². The molecule has 0 aliphatic heterocycles. The Morgan fingerprint density at radius 3 is 1.24 bits per heavy atom. The minimum atomic E-state index is -0.402. The van der Waals surface area contributed by atoms with Crippen LogP contribution in [-0.4, -0.2) is 5.50 Å². The number of halogens is 3. The van der Waals surface area contributed by atoms with Gasteiger partial charge >= 0.3 is 48.7 Å². The van der Waals surface area contributed by atoms with Gasteiger partial charge in [-0.25, -0.2) is 24.3 Å². The van der Waals surface area contributed by atoms with Crippen LogP contribution >= 0.6 is 11.1 Å². The third kappa shape index (κ3) is 22.2. The molecule has 0 aromatic heterocycles. The van der Waals surface area contributed by atoms with Crippen LogP contribution in [0.3, 0.4) is 0 Å².